The number of hydrogen-bond acceptors (Lipinski definition) is 3. The third kappa shape index (κ3) is 2.83. The summed E-state index contributed by atoms with van der Waals surface area (Å²) < 4.78 is 0. The second-order valence-corrected chi connectivity index (χ2v) is 6.19. The highest BCUT2D eigenvalue weighted by Crippen LogP contribution is 2.27. The summed E-state index contributed by atoms with van der Waals surface area (Å²) in [5, 5.41) is 11.7. The van der Waals surface area contributed by atoms with Crippen LogP contribution in [0.5, 0.6) is 0 Å². The lowest BCUT2D eigenvalue weighted by Crippen LogP contribution is -2.38. The van der Waals surface area contributed by atoms with Crippen molar-refractivity contribution in [2.45, 2.75) is 32.4 Å². The second kappa shape index (κ2) is 6.32. The fraction of sp³-hybridized carbons (Fsp3) is 0.412. The van der Waals surface area contributed by atoms with Crippen molar-refractivity contribution < 1.29 is 9.72 Å². The van der Waals surface area contributed by atoms with E-state index in [1.165, 1.54) is 12.1 Å². The van der Waals surface area contributed by atoms with E-state index in [0.29, 0.717) is 13.0 Å². The van der Waals surface area contributed by atoms with Crippen molar-refractivity contribution in [1.29, 1.82) is 0 Å². The number of hydrogen-bond donors (Lipinski definition) is 1. The fourth-order valence-electron chi connectivity index (χ4n) is 3.29. The first-order valence-electron chi connectivity index (χ1n) is 7.92. The van der Waals surface area contributed by atoms with E-state index in [1.54, 1.807) is 17.2 Å². The minimum atomic E-state index is -0.421. The van der Waals surface area contributed by atoms with E-state index in [-0.39, 0.29) is 23.7 Å². The summed E-state index contributed by atoms with van der Waals surface area (Å²) in [6.45, 7) is 9.67. The van der Waals surface area contributed by atoms with Gasteiger partial charge < -0.3 is 4.98 Å². The van der Waals surface area contributed by atoms with Crippen LogP contribution in [0.3, 0.4) is 0 Å². The molecule has 1 aromatic carbocycles. The maximum atomic E-state index is 12.6. The lowest BCUT2D eigenvalue weighted by atomic mass is 9.99. The third-order valence-electron chi connectivity index (χ3n) is 4.56. The standard InChI is InChI=1S/C17H18N4O3/c1-11(17(22)20-7-3-4-16(20)18-2)8-12-10-19-15-6-5-13(21(23)24)9-14(12)15/h5-6,9-11,16,19H,3-4,7-8H2,1H3/t11?,16-/m0/s1. The molecule has 0 bridgehead atoms. The molecule has 1 aliphatic rings. The van der Waals surface area contributed by atoms with Crippen LogP contribution in [0.15, 0.2) is 24.4 Å². The molecule has 124 valence electrons. The largest absolute Gasteiger partial charge is 0.361 e. The van der Waals surface area contributed by atoms with Crippen LogP contribution in [0.1, 0.15) is 25.3 Å². The van der Waals surface area contributed by atoms with Gasteiger partial charge in [0.15, 0.2) is 0 Å². The molecule has 0 saturated carbocycles. The number of aromatic nitrogens is 1. The van der Waals surface area contributed by atoms with Gasteiger partial charge in [0.25, 0.3) is 5.69 Å². The van der Waals surface area contributed by atoms with Crippen LogP contribution in [0.4, 0.5) is 5.69 Å². The number of H-pyrrole nitrogens is 1. The molecule has 0 aliphatic carbocycles. The van der Waals surface area contributed by atoms with Crippen LogP contribution in [-0.2, 0) is 11.2 Å². The number of rotatable bonds is 4. The van der Waals surface area contributed by atoms with Crippen LogP contribution in [-0.4, -0.2) is 33.4 Å². The van der Waals surface area contributed by atoms with E-state index in [4.69, 9.17) is 6.57 Å². The Labute approximate surface area is 139 Å². The van der Waals surface area contributed by atoms with E-state index >= 15 is 0 Å². The molecule has 1 N–H and O–H groups in total. The van der Waals surface area contributed by atoms with Crippen LogP contribution in [0.25, 0.3) is 15.7 Å². The molecule has 1 amide bonds. The molecule has 7 heteroatoms. The number of likely N-dealkylation sites (tertiary alicyclic amines) is 1. The minimum Gasteiger partial charge on any atom is -0.361 e. The van der Waals surface area contributed by atoms with E-state index in [9.17, 15) is 14.9 Å². The van der Waals surface area contributed by atoms with Crippen LogP contribution < -0.4 is 0 Å². The lowest BCUT2D eigenvalue weighted by Gasteiger charge is -2.20. The zero-order chi connectivity index (χ0) is 17.3. The monoisotopic (exact) mass is 326 g/mol. The molecule has 2 heterocycles. The summed E-state index contributed by atoms with van der Waals surface area (Å²) in [6, 6.07) is 4.68. The molecule has 1 aromatic heterocycles. The maximum absolute atomic E-state index is 12.6. The van der Waals surface area contributed by atoms with Crippen LogP contribution in [0, 0.1) is 22.6 Å². The van der Waals surface area contributed by atoms with Gasteiger partial charge in [-0.05, 0) is 24.5 Å². The van der Waals surface area contributed by atoms with Crippen molar-refractivity contribution in [3.63, 3.8) is 0 Å². The Morgan fingerprint density at radius 3 is 3.08 bits per heavy atom. The summed E-state index contributed by atoms with van der Waals surface area (Å²) in [7, 11) is 0. The summed E-state index contributed by atoms with van der Waals surface area (Å²) in [6.07, 6.45) is 3.55. The number of carbonyl (C=O) groups is 1. The normalized spacial score (nSPS) is 18.5. The van der Waals surface area contributed by atoms with Gasteiger partial charge in [-0.25, -0.2) is 6.57 Å². The highest BCUT2D eigenvalue weighted by Gasteiger charge is 2.35. The van der Waals surface area contributed by atoms with E-state index < -0.39 is 4.92 Å². The van der Waals surface area contributed by atoms with Crippen LogP contribution in [0.2, 0.25) is 0 Å². The molecular weight excluding hydrogens is 308 g/mol. The van der Waals surface area contributed by atoms with Crippen molar-refractivity contribution in [2.24, 2.45) is 5.92 Å². The Kier molecular flexibility index (Phi) is 4.21. The van der Waals surface area contributed by atoms with Gasteiger partial charge in [-0.15, -0.1) is 0 Å². The summed E-state index contributed by atoms with van der Waals surface area (Å²) >= 11 is 0. The molecule has 24 heavy (non-hydrogen) atoms. The fourth-order valence-corrected chi connectivity index (χ4v) is 3.29. The van der Waals surface area contributed by atoms with Gasteiger partial charge in [-0.2, -0.15) is 0 Å². The number of fused-ring (bicyclic) bond motifs is 1. The van der Waals surface area contributed by atoms with Crippen molar-refractivity contribution >= 4 is 22.5 Å². The van der Waals surface area contributed by atoms with E-state index in [2.05, 4.69) is 9.83 Å². The Balaban J connectivity index is 1.81. The molecule has 2 atom stereocenters. The summed E-state index contributed by atoms with van der Waals surface area (Å²) in [5.41, 5.74) is 1.73. The predicted molar refractivity (Wildman–Crippen MR) is 89.2 cm³/mol. The van der Waals surface area contributed by atoms with Gasteiger partial charge in [-0.1, -0.05) is 6.92 Å². The quantitative estimate of drug-likeness (QED) is 0.532. The highest BCUT2D eigenvalue weighted by atomic mass is 16.6. The lowest BCUT2D eigenvalue weighted by molar-refractivity contribution is -0.384. The molecule has 7 nitrogen and oxygen atoms in total. The average Bonchev–Trinajstić information content (AvgIpc) is 3.20. The molecule has 1 aliphatic heterocycles. The van der Waals surface area contributed by atoms with Gasteiger partial charge in [0, 0.05) is 48.1 Å². The molecule has 2 aromatic rings. The Bertz CT molecular complexity index is 836. The zero-order valence-corrected chi connectivity index (χ0v) is 13.4. The predicted octanol–water partition coefficient (Wildman–Crippen LogP) is 3.12. The Morgan fingerprint density at radius 2 is 2.38 bits per heavy atom. The number of nitrogens with one attached hydrogen (secondary N) is 1. The zero-order valence-electron chi connectivity index (χ0n) is 13.4. The molecule has 3 rings (SSSR count). The van der Waals surface area contributed by atoms with Crippen LogP contribution >= 0.6 is 0 Å². The number of nitrogens with zero attached hydrogens (tertiary/aromatic N) is 3. The first kappa shape index (κ1) is 16.0. The average molecular weight is 326 g/mol. The molecule has 1 saturated heterocycles. The SMILES string of the molecule is [C-]#[N+][C@@H]1CCCN1C(=O)C(C)Cc1c[nH]c2ccc([N+](=O)[O-])cc12. The summed E-state index contributed by atoms with van der Waals surface area (Å²) in [4.78, 5) is 31.4. The van der Waals surface area contributed by atoms with Gasteiger partial charge in [-0.3, -0.25) is 24.7 Å². The van der Waals surface area contributed by atoms with Crippen molar-refractivity contribution in [1.82, 2.24) is 9.88 Å². The number of benzene rings is 1. The molecule has 1 unspecified atom stereocenters. The minimum absolute atomic E-state index is 0.0201. The smallest absolute Gasteiger partial charge is 0.300 e. The molecule has 0 spiro atoms. The number of nitro groups is 1. The Morgan fingerprint density at radius 1 is 1.58 bits per heavy atom. The second-order valence-electron chi connectivity index (χ2n) is 6.19. The van der Waals surface area contributed by atoms with Gasteiger partial charge in [0.1, 0.15) is 0 Å². The molecule has 0 radical (unpaired) electrons. The van der Waals surface area contributed by atoms with Gasteiger partial charge >= 0.3 is 6.17 Å². The van der Waals surface area contributed by atoms with Crippen molar-refractivity contribution in [3.8, 4) is 0 Å². The molecular formula is C17H18N4O3. The van der Waals surface area contributed by atoms with E-state index in [1.807, 2.05) is 6.92 Å². The maximum Gasteiger partial charge on any atom is 0.300 e. The van der Waals surface area contributed by atoms with Crippen molar-refractivity contribution in [2.75, 3.05) is 6.54 Å². The number of amides is 1. The molecule has 1 fully saturated rings. The number of aromatic amines is 1. The first-order valence-corrected chi connectivity index (χ1v) is 7.92. The highest BCUT2D eigenvalue weighted by molar-refractivity contribution is 5.86. The van der Waals surface area contributed by atoms with Gasteiger partial charge in [0.05, 0.1) is 4.92 Å². The van der Waals surface area contributed by atoms with Crippen molar-refractivity contribution in [3.05, 3.63) is 51.5 Å². The van der Waals surface area contributed by atoms with Gasteiger partial charge in [0.2, 0.25) is 5.91 Å². The number of nitro benzene ring substituents is 1. The first-order chi connectivity index (χ1) is 11.5. The summed E-state index contributed by atoms with van der Waals surface area (Å²) in [5.74, 6) is -0.293. The number of non-ortho nitro benzene ring substituents is 1. The Hall–Kier alpha value is -2.88. The third-order valence-corrected chi connectivity index (χ3v) is 4.56. The number of carbonyl (C=O) groups excluding carboxylic acids is 1. The van der Waals surface area contributed by atoms with E-state index in [0.717, 1.165) is 29.3 Å². The topological polar surface area (TPSA) is 83.6 Å².